The molecule has 0 radical (unpaired) electrons. The van der Waals surface area contributed by atoms with Crippen LogP contribution in [0.15, 0.2) is 16.3 Å². The monoisotopic (exact) mass is 327 g/mol. The van der Waals surface area contributed by atoms with Gasteiger partial charge in [0, 0.05) is 13.1 Å². The molecule has 0 saturated carbocycles. The van der Waals surface area contributed by atoms with E-state index in [1.54, 1.807) is 16.4 Å². The molecule has 1 atom stereocenters. The van der Waals surface area contributed by atoms with Crippen LogP contribution in [0.1, 0.15) is 31.1 Å². The van der Waals surface area contributed by atoms with Gasteiger partial charge in [-0.05, 0) is 50.4 Å². The molecule has 1 aliphatic heterocycles. The highest BCUT2D eigenvalue weighted by atomic mass is 32.2. The molecule has 1 fully saturated rings. The summed E-state index contributed by atoms with van der Waals surface area (Å²) in [7, 11) is -3.48. The fourth-order valence-corrected chi connectivity index (χ4v) is 5.44. The van der Waals surface area contributed by atoms with Gasteiger partial charge in [0.1, 0.15) is 15.2 Å². The second kappa shape index (κ2) is 7.36. The molecule has 1 aromatic rings. The minimum atomic E-state index is -3.48. The zero-order valence-electron chi connectivity index (χ0n) is 12.2. The van der Waals surface area contributed by atoms with Gasteiger partial charge in [-0.1, -0.05) is 6.92 Å². The van der Waals surface area contributed by atoms with Crippen molar-refractivity contribution < 1.29 is 8.42 Å². The van der Waals surface area contributed by atoms with Gasteiger partial charge < -0.3 is 5.32 Å². The van der Waals surface area contributed by atoms with Gasteiger partial charge in [-0.15, -0.1) is 11.3 Å². The van der Waals surface area contributed by atoms with E-state index in [9.17, 15) is 8.42 Å². The average molecular weight is 327 g/mol. The third-order valence-corrected chi connectivity index (χ3v) is 6.94. The highest BCUT2D eigenvalue weighted by Crippen LogP contribution is 2.26. The van der Waals surface area contributed by atoms with E-state index in [1.807, 2.05) is 13.0 Å². The Morgan fingerprint density at radius 2 is 2.33 bits per heavy atom. The van der Waals surface area contributed by atoms with E-state index in [0.717, 1.165) is 43.7 Å². The molecule has 0 spiro atoms. The lowest BCUT2D eigenvalue weighted by Gasteiger charge is -2.29. The molecular weight excluding hydrogens is 306 g/mol. The van der Waals surface area contributed by atoms with Gasteiger partial charge in [0.2, 0.25) is 0 Å². The summed E-state index contributed by atoms with van der Waals surface area (Å²) < 4.78 is 27.3. The Bertz CT molecular complexity index is 598. The maximum Gasteiger partial charge on any atom is 0.252 e. The highest BCUT2D eigenvalue weighted by Gasteiger charge is 2.28. The molecular formula is C14H21N3O2S2. The summed E-state index contributed by atoms with van der Waals surface area (Å²) >= 11 is 1.05. The summed E-state index contributed by atoms with van der Waals surface area (Å²) in [5.74, 6) is 0.371. The number of hydrogen-bond donors (Lipinski definition) is 1. The first-order valence-corrected chi connectivity index (χ1v) is 9.54. The maximum absolute atomic E-state index is 12.7. The van der Waals surface area contributed by atoms with Crippen LogP contribution < -0.4 is 5.32 Å². The van der Waals surface area contributed by atoms with Crippen LogP contribution in [0.3, 0.4) is 0 Å². The van der Waals surface area contributed by atoms with E-state index < -0.39 is 10.0 Å². The number of hydrogen-bond acceptors (Lipinski definition) is 5. The molecule has 116 valence electrons. The summed E-state index contributed by atoms with van der Waals surface area (Å²) in [4.78, 5) is 0.435. The Morgan fingerprint density at radius 3 is 2.90 bits per heavy atom. The third kappa shape index (κ3) is 4.04. The summed E-state index contributed by atoms with van der Waals surface area (Å²) in [5, 5.41) is 12.2. The summed E-state index contributed by atoms with van der Waals surface area (Å²) in [6, 6.07) is 5.11. The Hall–Kier alpha value is -0.940. The van der Waals surface area contributed by atoms with E-state index in [-0.39, 0.29) is 4.21 Å². The van der Waals surface area contributed by atoms with Gasteiger partial charge in [0.05, 0.1) is 0 Å². The molecule has 1 aromatic heterocycles. The molecule has 21 heavy (non-hydrogen) atoms. The van der Waals surface area contributed by atoms with Crippen molar-refractivity contribution in [2.45, 2.75) is 30.4 Å². The maximum atomic E-state index is 12.7. The summed E-state index contributed by atoms with van der Waals surface area (Å²) in [6.45, 7) is 4.97. The first kappa shape index (κ1) is 16.4. The lowest BCUT2D eigenvalue weighted by Crippen LogP contribution is -2.41. The zero-order chi connectivity index (χ0) is 15.3. The second-order valence-corrected chi connectivity index (χ2v) is 8.55. The molecule has 0 amide bonds. The number of sulfonamides is 1. The van der Waals surface area contributed by atoms with Crippen molar-refractivity contribution in [1.29, 1.82) is 5.26 Å². The summed E-state index contributed by atoms with van der Waals surface area (Å²) in [6.07, 6.45) is 2.95. The number of thiophene rings is 1. The fraction of sp³-hybridized carbons (Fsp3) is 0.643. The molecule has 0 aromatic carbocycles. The van der Waals surface area contributed by atoms with Crippen LogP contribution in [0.2, 0.25) is 0 Å². The van der Waals surface area contributed by atoms with Crippen LogP contribution in [-0.4, -0.2) is 38.9 Å². The van der Waals surface area contributed by atoms with E-state index in [4.69, 9.17) is 5.26 Å². The van der Waals surface area contributed by atoms with Gasteiger partial charge in [-0.25, -0.2) is 8.42 Å². The first-order chi connectivity index (χ1) is 10.1. The minimum Gasteiger partial charge on any atom is -0.316 e. The average Bonchev–Trinajstić information content (AvgIpc) is 2.97. The molecule has 0 aliphatic carbocycles. The zero-order valence-corrected chi connectivity index (χ0v) is 13.8. The quantitative estimate of drug-likeness (QED) is 0.867. The van der Waals surface area contributed by atoms with Crippen molar-refractivity contribution in [3.63, 3.8) is 0 Å². The summed E-state index contributed by atoms with van der Waals surface area (Å²) in [5.41, 5.74) is 0. The number of nitrogens with one attached hydrogen (secondary N) is 1. The van der Waals surface area contributed by atoms with Crippen LogP contribution >= 0.6 is 11.3 Å². The predicted molar refractivity (Wildman–Crippen MR) is 83.7 cm³/mol. The molecule has 0 bridgehead atoms. The van der Waals surface area contributed by atoms with E-state index in [2.05, 4.69) is 5.32 Å². The van der Waals surface area contributed by atoms with E-state index in [1.165, 1.54) is 0 Å². The number of piperidine rings is 1. The van der Waals surface area contributed by atoms with Crippen molar-refractivity contribution in [1.82, 2.24) is 9.62 Å². The third-order valence-electron chi connectivity index (χ3n) is 3.62. The molecule has 1 N–H and O–H groups in total. The van der Waals surface area contributed by atoms with Crippen molar-refractivity contribution in [2.75, 3.05) is 26.2 Å². The SMILES string of the molecule is CCCN(CC1CCCNC1)S(=O)(=O)c1ccc(C#N)s1. The molecule has 1 saturated heterocycles. The van der Waals surface area contributed by atoms with Crippen molar-refractivity contribution in [2.24, 2.45) is 5.92 Å². The van der Waals surface area contributed by atoms with Crippen molar-refractivity contribution >= 4 is 21.4 Å². The Labute approximate surface area is 130 Å². The van der Waals surface area contributed by atoms with Crippen LogP contribution in [-0.2, 0) is 10.0 Å². The topological polar surface area (TPSA) is 73.2 Å². The van der Waals surface area contributed by atoms with Gasteiger partial charge in [-0.2, -0.15) is 9.57 Å². The normalized spacial score (nSPS) is 19.6. The molecule has 1 aliphatic rings. The first-order valence-electron chi connectivity index (χ1n) is 7.28. The van der Waals surface area contributed by atoms with E-state index >= 15 is 0 Å². The number of nitriles is 1. The van der Waals surface area contributed by atoms with Crippen molar-refractivity contribution in [3.05, 3.63) is 17.0 Å². The Morgan fingerprint density at radius 1 is 1.52 bits per heavy atom. The predicted octanol–water partition coefficient (Wildman–Crippen LogP) is 2.02. The van der Waals surface area contributed by atoms with Crippen LogP contribution in [0.5, 0.6) is 0 Å². The second-order valence-electron chi connectivity index (χ2n) is 5.31. The fourth-order valence-electron chi connectivity index (χ4n) is 2.57. The van der Waals surface area contributed by atoms with Gasteiger partial charge in [0.25, 0.3) is 10.0 Å². The lowest BCUT2D eigenvalue weighted by atomic mass is 10.00. The molecule has 5 nitrogen and oxygen atoms in total. The highest BCUT2D eigenvalue weighted by molar-refractivity contribution is 7.91. The van der Waals surface area contributed by atoms with E-state index in [0.29, 0.717) is 23.9 Å². The Kier molecular flexibility index (Phi) is 5.76. The van der Waals surface area contributed by atoms with Crippen LogP contribution in [0.25, 0.3) is 0 Å². The lowest BCUT2D eigenvalue weighted by molar-refractivity contribution is 0.292. The standard InChI is InChI=1S/C14H21N3O2S2/c1-2-8-17(11-12-4-3-7-16-10-12)21(18,19)14-6-5-13(9-15)20-14/h5-6,12,16H,2-4,7-8,10-11H2,1H3. The van der Waals surface area contributed by atoms with Crippen LogP contribution in [0, 0.1) is 17.2 Å². The minimum absolute atomic E-state index is 0.274. The van der Waals surface area contributed by atoms with Crippen LogP contribution in [0.4, 0.5) is 0 Å². The molecule has 7 heteroatoms. The molecule has 2 rings (SSSR count). The number of rotatable bonds is 6. The molecule has 2 heterocycles. The van der Waals surface area contributed by atoms with Gasteiger partial charge in [-0.3, -0.25) is 0 Å². The van der Waals surface area contributed by atoms with Crippen molar-refractivity contribution in [3.8, 4) is 6.07 Å². The van der Waals surface area contributed by atoms with Gasteiger partial charge >= 0.3 is 0 Å². The smallest absolute Gasteiger partial charge is 0.252 e. The largest absolute Gasteiger partial charge is 0.316 e. The number of nitrogens with zero attached hydrogens (tertiary/aromatic N) is 2. The Balaban J connectivity index is 2.17. The van der Waals surface area contributed by atoms with Gasteiger partial charge in [0.15, 0.2) is 0 Å². The molecule has 1 unspecified atom stereocenters.